The molecule has 1 aromatic carbocycles. The second-order valence-electron chi connectivity index (χ2n) is 4.69. The molecule has 1 rings (SSSR count). The molecule has 0 aliphatic heterocycles. The van der Waals surface area contributed by atoms with Gasteiger partial charge in [-0.05, 0) is 50.0 Å². The highest BCUT2D eigenvalue weighted by Gasteiger charge is 2.20. The van der Waals surface area contributed by atoms with Gasteiger partial charge in [0.05, 0.1) is 0 Å². The summed E-state index contributed by atoms with van der Waals surface area (Å²) in [5.74, 6) is 0. The van der Waals surface area contributed by atoms with Crippen molar-refractivity contribution in [3.63, 3.8) is 0 Å². The molecule has 0 amide bonds. The molecule has 2 heteroatoms. The average Bonchev–Trinajstić information content (AvgIpc) is 2.32. The van der Waals surface area contributed by atoms with Gasteiger partial charge in [0.25, 0.3) is 0 Å². The lowest BCUT2D eigenvalue weighted by Crippen LogP contribution is -2.35. The number of nitrogens with zero attached hydrogens (tertiary/aromatic N) is 1. The summed E-state index contributed by atoms with van der Waals surface area (Å²) in [6.45, 7) is 11.7. The molecule has 96 valence electrons. The van der Waals surface area contributed by atoms with Crippen molar-refractivity contribution in [3.05, 3.63) is 34.9 Å². The summed E-state index contributed by atoms with van der Waals surface area (Å²) in [4.78, 5) is 2.48. The van der Waals surface area contributed by atoms with Crippen molar-refractivity contribution in [1.82, 2.24) is 4.90 Å². The molecule has 2 N–H and O–H groups in total. The topological polar surface area (TPSA) is 29.3 Å². The van der Waals surface area contributed by atoms with Crippen LogP contribution < -0.4 is 5.73 Å². The number of nitrogens with two attached hydrogens (primary N) is 1. The number of aryl methyl sites for hydroxylation is 2. The van der Waals surface area contributed by atoms with Crippen LogP contribution >= 0.6 is 0 Å². The third kappa shape index (κ3) is 3.30. The quantitative estimate of drug-likeness (QED) is 0.819. The van der Waals surface area contributed by atoms with E-state index < -0.39 is 0 Å². The van der Waals surface area contributed by atoms with Crippen LogP contribution in [0.3, 0.4) is 0 Å². The van der Waals surface area contributed by atoms with Crippen molar-refractivity contribution in [3.8, 4) is 0 Å². The van der Waals surface area contributed by atoms with Crippen LogP contribution in [0.4, 0.5) is 0 Å². The first kappa shape index (κ1) is 14.2. The molecule has 0 fully saturated rings. The Balaban J connectivity index is 3.07. The number of hydrogen-bond acceptors (Lipinski definition) is 2. The second kappa shape index (κ2) is 6.77. The van der Waals surface area contributed by atoms with Gasteiger partial charge in [0, 0.05) is 12.6 Å². The molecule has 17 heavy (non-hydrogen) atoms. The highest BCUT2D eigenvalue weighted by Crippen LogP contribution is 2.26. The molecule has 0 bridgehead atoms. The predicted molar refractivity (Wildman–Crippen MR) is 75.2 cm³/mol. The van der Waals surface area contributed by atoms with Gasteiger partial charge in [0.15, 0.2) is 0 Å². The monoisotopic (exact) mass is 234 g/mol. The van der Waals surface area contributed by atoms with Gasteiger partial charge in [-0.2, -0.15) is 0 Å². The molecule has 0 aliphatic carbocycles. The van der Waals surface area contributed by atoms with E-state index in [0.717, 1.165) is 13.1 Å². The van der Waals surface area contributed by atoms with Crippen LogP contribution in [-0.4, -0.2) is 24.5 Å². The fourth-order valence-electron chi connectivity index (χ4n) is 2.62. The van der Waals surface area contributed by atoms with Crippen LogP contribution in [0.2, 0.25) is 0 Å². The fraction of sp³-hybridized carbons (Fsp3) is 0.600. The zero-order valence-electron chi connectivity index (χ0n) is 11.7. The van der Waals surface area contributed by atoms with Crippen LogP contribution in [0, 0.1) is 13.8 Å². The van der Waals surface area contributed by atoms with Gasteiger partial charge in [-0.15, -0.1) is 0 Å². The molecular formula is C15H26N2. The minimum Gasteiger partial charge on any atom is -0.329 e. The van der Waals surface area contributed by atoms with E-state index in [1.165, 1.54) is 23.1 Å². The Bertz CT molecular complexity index is 327. The average molecular weight is 234 g/mol. The Morgan fingerprint density at radius 3 is 2.18 bits per heavy atom. The van der Waals surface area contributed by atoms with Crippen LogP contribution in [0.25, 0.3) is 0 Å². The minimum atomic E-state index is 0.362. The fourth-order valence-corrected chi connectivity index (χ4v) is 2.62. The van der Waals surface area contributed by atoms with Gasteiger partial charge in [-0.3, -0.25) is 4.90 Å². The summed E-state index contributed by atoms with van der Waals surface area (Å²) in [5.41, 5.74) is 10.1. The van der Waals surface area contributed by atoms with Crippen molar-refractivity contribution in [2.45, 2.75) is 40.2 Å². The van der Waals surface area contributed by atoms with E-state index in [-0.39, 0.29) is 0 Å². The van der Waals surface area contributed by atoms with Crippen LogP contribution in [-0.2, 0) is 0 Å². The molecule has 0 radical (unpaired) electrons. The van der Waals surface area contributed by atoms with Crippen LogP contribution in [0.5, 0.6) is 0 Å². The molecule has 0 heterocycles. The van der Waals surface area contributed by atoms with Gasteiger partial charge in [0.1, 0.15) is 0 Å². The Morgan fingerprint density at radius 2 is 1.76 bits per heavy atom. The summed E-state index contributed by atoms with van der Waals surface area (Å²) < 4.78 is 0. The highest BCUT2D eigenvalue weighted by molar-refractivity contribution is 5.36. The van der Waals surface area contributed by atoms with Crippen LogP contribution in [0.15, 0.2) is 18.2 Å². The smallest absolute Gasteiger partial charge is 0.0475 e. The highest BCUT2D eigenvalue weighted by atomic mass is 15.2. The van der Waals surface area contributed by atoms with Gasteiger partial charge >= 0.3 is 0 Å². The van der Waals surface area contributed by atoms with Gasteiger partial charge < -0.3 is 5.73 Å². The molecule has 0 aliphatic rings. The largest absolute Gasteiger partial charge is 0.329 e. The summed E-state index contributed by atoms with van der Waals surface area (Å²) in [7, 11) is 0. The summed E-state index contributed by atoms with van der Waals surface area (Å²) in [5, 5.41) is 0. The maximum absolute atomic E-state index is 6.01. The minimum absolute atomic E-state index is 0.362. The lowest BCUT2D eigenvalue weighted by Gasteiger charge is -2.32. The van der Waals surface area contributed by atoms with E-state index in [4.69, 9.17) is 5.73 Å². The standard InChI is InChI=1S/C15H26N2/c1-5-10-17(6-2)14(11-16)15-12(3)8-7-9-13(15)4/h7-9,14H,5-6,10-11,16H2,1-4H3. The third-order valence-electron chi connectivity index (χ3n) is 3.46. The Morgan fingerprint density at radius 1 is 1.18 bits per heavy atom. The van der Waals surface area contributed by atoms with E-state index in [1.54, 1.807) is 0 Å². The summed E-state index contributed by atoms with van der Waals surface area (Å²) >= 11 is 0. The zero-order valence-corrected chi connectivity index (χ0v) is 11.7. The van der Waals surface area contributed by atoms with E-state index in [9.17, 15) is 0 Å². The van der Waals surface area contributed by atoms with E-state index in [0.29, 0.717) is 12.6 Å². The summed E-state index contributed by atoms with van der Waals surface area (Å²) in [6, 6.07) is 6.86. The Kier molecular flexibility index (Phi) is 5.66. The molecule has 1 atom stereocenters. The number of hydrogen-bond donors (Lipinski definition) is 1. The molecule has 1 unspecified atom stereocenters. The van der Waals surface area contributed by atoms with E-state index in [2.05, 4.69) is 50.8 Å². The van der Waals surface area contributed by atoms with E-state index >= 15 is 0 Å². The van der Waals surface area contributed by atoms with Crippen molar-refractivity contribution >= 4 is 0 Å². The normalized spacial score (nSPS) is 13.1. The van der Waals surface area contributed by atoms with E-state index in [1.807, 2.05) is 0 Å². The molecule has 0 spiro atoms. The Hall–Kier alpha value is -0.860. The first-order valence-electron chi connectivity index (χ1n) is 6.65. The molecule has 2 nitrogen and oxygen atoms in total. The van der Waals surface area contributed by atoms with Crippen LogP contribution in [0.1, 0.15) is 43.0 Å². The lowest BCUT2D eigenvalue weighted by atomic mass is 9.95. The first-order chi connectivity index (χ1) is 8.15. The maximum atomic E-state index is 6.01. The van der Waals surface area contributed by atoms with Crippen molar-refractivity contribution in [1.29, 1.82) is 0 Å². The third-order valence-corrected chi connectivity index (χ3v) is 3.46. The molecule has 0 aromatic heterocycles. The molecular weight excluding hydrogens is 208 g/mol. The molecule has 0 saturated heterocycles. The molecule has 1 aromatic rings. The number of benzene rings is 1. The maximum Gasteiger partial charge on any atom is 0.0475 e. The Labute approximate surface area is 106 Å². The molecule has 0 saturated carbocycles. The second-order valence-corrected chi connectivity index (χ2v) is 4.69. The lowest BCUT2D eigenvalue weighted by molar-refractivity contribution is 0.211. The van der Waals surface area contributed by atoms with Gasteiger partial charge in [-0.25, -0.2) is 0 Å². The first-order valence-corrected chi connectivity index (χ1v) is 6.65. The predicted octanol–water partition coefficient (Wildman–Crippen LogP) is 3.04. The van der Waals surface area contributed by atoms with Crippen molar-refractivity contribution < 1.29 is 0 Å². The van der Waals surface area contributed by atoms with Gasteiger partial charge in [-0.1, -0.05) is 32.0 Å². The zero-order chi connectivity index (χ0) is 12.8. The van der Waals surface area contributed by atoms with Crippen molar-refractivity contribution in [2.75, 3.05) is 19.6 Å². The summed E-state index contributed by atoms with van der Waals surface area (Å²) in [6.07, 6.45) is 1.18. The van der Waals surface area contributed by atoms with Crippen molar-refractivity contribution in [2.24, 2.45) is 5.73 Å². The SMILES string of the molecule is CCCN(CC)C(CN)c1c(C)cccc1C. The number of likely N-dealkylation sites (N-methyl/N-ethyl adjacent to an activating group) is 1. The number of rotatable bonds is 6. The van der Waals surface area contributed by atoms with Gasteiger partial charge in [0.2, 0.25) is 0 Å².